The summed E-state index contributed by atoms with van der Waals surface area (Å²) in [6, 6.07) is 18.8. The highest BCUT2D eigenvalue weighted by Gasteiger charge is 2.16. The highest BCUT2D eigenvalue weighted by atomic mass is 15.1. The zero-order chi connectivity index (χ0) is 20.5. The van der Waals surface area contributed by atoms with Crippen molar-refractivity contribution in [2.45, 2.75) is 130 Å². The van der Waals surface area contributed by atoms with Gasteiger partial charge in [0.15, 0.2) is 0 Å². The number of hydrogen-bond acceptors (Lipinski definition) is 1. The molecule has 1 heteroatoms. The van der Waals surface area contributed by atoms with Crippen molar-refractivity contribution in [2.24, 2.45) is 0 Å². The molecule has 1 nitrogen and oxygen atoms in total. The van der Waals surface area contributed by atoms with E-state index in [1.807, 2.05) is 0 Å². The molecular weight excluding hydrogens is 410 g/mol. The van der Waals surface area contributed by atoms with Crippen molar-refractivity contribution in [3.63, 3.8) is 0 Å². The van der Waals surface area contributed by atoms with Crippen LogP contribution in [0.3, 0.4) is 0 Å². The van der Waals surface area contributed by atoms with E-state index in [2.05, 4.69) is 95.0 Å². The van der Waals surface area contributed by atoms with Gasteiger partial charge in [0.05, 0.1) is 0 Å². The van der Waals surface area contributed by atoms with Crippen LogP contribution in [0.25, 0.3) is 0 Å². The van der Waals surface area contributed by atoms with Crippen molar-refractivity contribution in [1.29, 1.82) is 0 Å². The number of rotatable bonds is 11. The molecular formula is C33H65N. The average Bonchev–Trinajstić information content (AvgIpc) is 2.75. The molecule has 0 amide bonds. The number of nitrogens with zero attached hydrogens (tertiary/aromatic N) is 1. The quantitative estimate of drug-likeness (QED) is 0.312. The first-order valence-corrected chi connectivity index (χ1v) is 11.4. The Balaban J connectivity index is -0.000000467. The van der Waals surface area contributed by atoms with E-state index in [1.54, 1.807) is 0 Å². The van der Waals surface area contributed by atoms with E-state index in [4.69, 9.17) is 0 Å². The van der Waals surface area contributed by atoms with Crippen molar-refractivity contribution >= 4 is 0 Å². The summed E-state index contributed by atoms with van der Waals surface area (Å²) in [4.78, 5) is 2.47. The van der Waals surface area contributed by atoms with Gasteiger partial charge in [0.2, 0.25) is 0 Å². The molecule has 0 aliphatic rings. The molecule has 0 fully saturated rings. The molecule has 34 heavy (non-hydrogen) atoms. The minimum atomic E-state index is 0. The summed E-state index contributed by atoms with van der Waals surface area (Å²) in [6.45, 7) is 17.1. The normalized spacial score (nSPS) is 12.2. The van der Waals surface area contributed by atoms with E-state index in [1.165, 1.54) is 41.5 Å². The Hall–Kier alpha value is -1.60. The van der Waals surface area contributed by atoms with Gasteiger partial charge in [0, 0.05) is 6.54 Å². The van der Waals surface area contributed by atoms with Crippen LogP contribution in [-0.2, 0) is 6.54 Å². The van der Waals surface area contributed by atoms with Crippen LogP contribution >= 0.6 is 0 Å². The summed E-state index contributed by atoms with van der Waals surface area (Å²) < 4.78 is 0. The monoisotopic (exact) mass is 476 g/mol. The predicted octanol–water partition coefficient (Wildman–Crippen LogP) is 11.5. The van der Waals surface area contributed by atoms with Gasteiger partial charge >= 0.3 is 0 Å². The molecule has 202 valence electrons. The van der Waals surface area contributed by atoms with E-state index < -0.39 is 0 Å². The first-order chi connectivity index (χ1) is 13.5. The van der Waals surface area contributed by atoms with Gasteiger partial charge in [-0.3, -0.25) is 4.90 Å². The second kappa shape index (κ2) is 21.9. The first-order valence-electron chi connectivity index (χ1n) is 11.4. The van der Waals surface area contributed by atoms with Crippen LogP contribution in [0.4, 0.5) is 0 Å². The molecule has 3 unspecified atom stereocenters. The second-order valence-electron chi connectivity index (χ2n) is 8.42. The molecule has 0 N–H and O–H groups in total. The van der Waals surface area contributed by atoms with Gasteiger partial charge in [-0.1, -0.05) is 135 Å². The molecule has 0 aromatic heterocycles. The SMILES string of the molecule is C.C.C.C.C.C.CCC(C)c1ccc(C(CC)CC(C)c2ccc(CN(CC)CC)cc2)cc1. The van der Waals surface area contributed by atoms with Crippen LogP contribution in [0.5, 0.6) is 0 Å². The van der Waals surface area contributed by atoms with Crippen molar-refractivity contribution in [1.82, 2.24) is 4.90 Å². The third kappa shape index (κ3) is 12.2. The van der Waals surface area contributed by atoms with Crippen LogP contribution in [0.15, 0.2) is 48.5 Å². The number of hydrogen-bond donors (Lipinski definition) is 0. The van der Waals surface area contributed by atoms with Crippen LogP contribution < -0.4 is 0 Å². The topological polar surface area (TPSA) is 3.24 Å². The van der Waals surface area contributed by atoms with Crippen molar-refractivity contribution < 1.29 is 0 Å². The van der Waals surface area contributed by atoms with E-state index in [0.717, 1.165) is 19.6 Å². The van der Waals surface area contributed by atoms with Gasteiger partial charge in [-0.2, -0.15) is 0 Å². The zero-order valence-electron chi connectivity index (χ0n) is 19.0. The lowest BCUT2D eigenvalue weighted by Gasteiger charge is -2.22. The Bertz CT molecular complexity index is 667. The van der Waals surface area contributed by atoms with Crippen molar-refractivity contribution in [3.8, 4) is 0 Å². The van der Waals surface area contributed by atoms with Gasteiger partial charge < -0.3 is 0 Å². The molecule has 3 atom stereocenters. The smallest absolute Gasteiger partial charge is 0.0233 e. The minimum Gasteiger partial charge on any atom is -0.300 e. The Kier molecular flexibility index (Phi) is 27.4. The molecule has 0 aliphatic carbocycles. The molecule has 0 saturated carbocycles. The highest BCUT2D eigenvalue weighted by molar-refractivity contribution is 5.29. The van der Waals surface area contributed by atoms with Crippen molar-refractivity contribution in [2.75, 3.05) is 13.1 Å². The van der Waals surface area contributed by atoms with E-state index in [9.17, 15) is 0 Å². The van der Waals surface area contributed by atoms with E-state index in [0.29, 0.717) is 17.8 Å². The molecule has 0 heterocycles. The lowest BCUT2D eigenvalue weighted by atomic mass is 9.83. The molecule has 2 rings (SSSR count). The molecule has 2 aromatic carbocycles. The fourth-order valence-electron chi connectivity index (χ4n) is 4.09. The maximum Gasteiger partial charge on any atom is 0.0233 e. The summed E-state index contributed by atoms with van der Waals surface area (Å²) in [5.41, 5.74) is 5.86. The van der Waals surface area contributed by atoms with Crippen LogP contribution in [0, 0.1) is 0 Å². The Morgan fingerprint density at radius 2 is 0.971 bits per heavy atom. The number of benzene rings is 2. The third-order valence-corrected chi connectivity index (χ3v) is 6.57. The lowest BCUT2D eigenvalue weighted by Crippen LogP contribution is -2.22. The maximum absolute atomic E-state index is 2.47. The van der Waals surface area contributed by atoms with Gasteiger partial charge in [-0.05, 0) is 72.4 Å². The van der Waals surface area contributed by atoms with Crippen LogP contribution in [0.1, 0.15) is 145 Å². The summed E-state index contributed by atoms with van der Waals surface area (Å²) in [7, 11) is 0. The van der Waals surface area contributed by atoms with Gasteiger partial charge in [-0.15, -0.1) is 0 Å². The molecule has 0 aliphatic heterocycles. The molecule has 0 saturated heterocycles. The van der Waals surface area contributed by atoms with Crippen LogP contribution in [0.2, 0.25) is 0 Å². The Morgan fingerprint density at radius 1 is 0.559 bits per heavy atom. The standard InChI is InChI=1S/C27H41N.6CH4/c1-7-21(5)25-15-17-27(18-16-25)24(8-2)19-22(6)26-13-11-23(12-14-26)20-28(9-3)10-4;;;;;;/h11-18,21-22,24H,7-10,19-20H2,1-6H3;6*1H4. The summed E-state index contributed by atoms with van der Waals surface area (Å²) in [6.07, 6.45) is 3.62. The van der Waals surface area contributed by atoms with E-state index >= 15 is 0 Å². The molecule has 0 spiro atoms. The second-order valence-corrected chi connectivity index (χ2v) is 8.42. The zero-order valence-corrected chi connectivity index (χ0v) is 19.0. The first kappa shape index (κ1) is 42.6. The Morgan fingerprint density at radius 3 is 1.38 bits per heavy atom. The lowest BCUT2D eigenvalue weighted by molar-refractivity contribution is 0.296. The summed E-state index contributed by atoms with van der Waals surface area (Å²) in [5, 5.41) is 0. The van der Waals surface area contributed by atoms with Crippen LogP contribution in [-0.4, -0.2) is 18.0 Å². The average molecular weight is 476 g/mol. The fraction of sp³-hybridized carbons (Fsp3) is 0.636. The fourth-order valence-corrected chi connectivity index (χ4v) is 4.09. The summed E-state index contributed by atoms with van der Waals surface area (Å²) in [5.74, 6) is 1.88. The van der Waals surface area contributed by atoms with Crippen molar-refractivity contribution in [3.05, 3.63) is 70.8 Å². The third-order valence-electron chi connectivity index (χ3n) is 6.57. The predicted molar refractivity (Wildman–Crippen MR) is 165 cm³/mol. The van der Waals surface area contributed by atoms with Gasteiger partial charge in [0.1, 0.15) is 0 Å². The maximum atomic E-state index is 2.47. The highest BCUT2D eigenvalue weighted by Crippen LogP contribution is 2.33. The van der Waals surface area contributed by atoms with Gasteiger partial charge in [-0.25, -0.2) is 0 Å². The largest absolute Gasteiger partial charge is 0.300 e. The van der Waals surface area contributed by atoms with E-state index in [-0.39, 0.29) is 44.6 Å². The summed E-state index contributed by atoms with van der Waals surface area (Å²) >= 11 is 0. The van der Waals surface area contributed by atoms with Gasteiger partial charge in [0.25, 0.3) is 0 Å². The molecule has 0 radical (unpaired) electrons. The minimum absolute atomic E-state index is 0. The molecule has 2 aromatic rings. The molecule has 0 bridgehead atoms. The Labute approximate surface area is 218 Å².